The van der Waals surface area contributed by atoms with Crippen LogP contribution in [0.25, 0.3) is 0 Å². The van der Waals surface area contributed by atoms with E-state index >= 15 is 0 Å². The third kappa shape index (κ3) is 1.68. The molecule has 0 unspecified atom stereocenters. The van der Waals surface area contributed by atoms with Gasteiger partial charge in [0.15, 0.2) is 5.15 Å². The molecule has 14 heavy (non-hydrogen) atoms. The molecule has 0 N–H and O–H groups in total. The van der Waals surface area contributed by atoms with Gasteiger partial charge in [0.25, 0.3) is 0 Å². The van der Waals surface area contributed by atoms with Gasteiger partial charge < -0.3 is 0 Å². The second-order valence-electron chi connectivity index (χ2n) is 3.34. The molecule has 0 aliphatic carbocycles. The minimum atomic E-state index is 0.417. The molecule has 0 aromatic carbocycles. The second kappa shape index (κ2) is 3.50. The Bertz CT molecular complexity index is 435. The zero-order valence-corrected chi connectivity index (χ0v) is 8.84. The van der Waals surface area contributed by atoms with Crippen molar-refractivity contribution < 1.29 is 0 Å². The molecule has 2 rings (SSSR count). The van der Waals surface area contributed by atoms with Gasteiger partial charge in [0.2, 0.25) is 0 Å². The van der Waals surface area contributed by atoms with Crippen molar-refractivity contribution in [3.05, 3.63) is 17.4 Å². The molecule has 1 aliphatic heterocycles. The molecular weight excluding hydrogens is 198 g/mol. The number of aliphatic imine (C=N–C) groups is 2. The predicted octanol–water partition coefficient (Wildman–Crippen LogP) is 3.32. The van der Waals surface area contributed by atoms with Crippen LogP contribution in [0.2, 0.25) is 5.15 Å². The molecule has 0 radical (unpaired) electrons. The van der Waals surface area contributed by atoms with Gasteiger partial charge in [0.05, 0.1) is 5.69 Å². The smallest absolute Gasteiger partial charge is 0.156 e. The van der Waals surface area contributed by atoms with E-state index < -0.39 is 0 Å². The van der Waals surface area contributed by atoms with Gasteiger partial charge in [-0.2, -0.15) is 0 Å². The van der Waals surface area contributed by atoms with Gasteiger partial charge in [0, 0.05) is 24.0 Å². The van der Waals surface area contributed by atoms with Crippen molar-refractivity contribution in [3.8, 4) is 0 Å². The van der Waals surface area contributed by atoms with Crippen molar-refractivity contribution in [3.63, 3.8) is 0 Å². The van der Waals surface area contributed by atoms with Crippen LogP contribution in [0.5, 0.6) is 0 Å². The minimum Gasteiger partial charge on any atom is -0.255 e. The number of fused-ring (bicyclic) bond motifs is 1. The second-order valence-corrected chi connectivity index (χ2v) is 3.70. The van der Waals surface area contributed by atoms with Crippen LogP contribution in [-0.4, -0.2) is 16.4 Å². The van der Waals surface area contributed by atoms with Crippen molar-refractivity contribution >= 4 is 34.4 Å². The largest absolute Gasteiger partial charge is 0.255 e. The molecule has 0 fully saturated rings. The van der Waals surface area contributed by atoms with Gasteiger partial charge in [-0.3, -0.25) is 9.98 Å². The summed E-state index contributed by atoms with van der Waals surface area (Å²) >= 11 is 5.94. The van der Waals surface area contributed by atoms with Crippen LogP contribution in [0.15, 0.2) is 22.2 Å². The van der Waals surface area contributed by atoms with Gasteiger partial charge in [-0.1, -0.05) is 11.6 Å². The Kier molecular flexibility index (Phi) is 2.33. The molecule has 0 amide bonds. The fourth-order valence-electron chi connectivity index (χ4n) is 1.46. The van der Waals surface area contributed by atoms with Crippen LogP contribution in [0.3, 0.4) is 0 Å². The summed E-state index contributed by atoms with van der Waals surface area (Å²) in [5.74, 6) is 0. The van der Waals surface area contributed by atoms with E-state index in [4.69, 9.17) is 11.6 Å². The Morgan fingerprint density at radius 2 is 1.93 bits per heavy atom. The summed E-state index contributed by atoms with van der Waals surface area (Å²) in [6, 6.07) is 1.83. The van der Waals surface area contributed by atoms with Gasteiger partial charge in [0.1, 0.15) is 5.69 Å². The summed E-state index contributed by atoms with van der Waals surface area (Å²) in [5.41, 5.74) is 3.55. The standard InChI is InChI=1S/C10H10ClN3/c1-6-5-7(2)14-9-8(13-6)3-4-12-10(9)11/h3-4H,5H2,1-2H3. The Labute approximate surface area is 87.6 Å². The van der Waals surface area contributed by atoms with Crippen LogP contribution in [0.4, 0.5) is 11.4 Å². The van der Waals surface area contributed by atoms with Crippen LogP contribution in [-0.2, 0) is 0 Å². The Balaban J connectivity index is 2.67. The molecule has 0 spiro atoms. The summed E-state index contributed by atoms with van der Waals surface area (Å²) in [5, 5.41) is 0.417. The molecule has 0 bridgehead atoms. The fourth-order valence-corrected chi connectivity index (χ4v) is 1.65. The van der Waals surface area contributed by atoms with Gasteiger partial charge in [-0.15, -0.1) is 0 Å². The third-order valence-corrected chi connectivity index (χ3v) is 2.26. The lowest BCUT2D eigenvalue weighted by Crippen LogP contribution is -1.97. The van der Waals surface area contributed by atoms with Crippen LogP contribution >= 0.6 is 11.6 Å². The van der Waals surface area contributed by atoms with E-state index in [0.717, 1.165) is 23.5 Å². The number of aromatic nitrogens is 1. The van der Waals surface area contributed by atoms with Crippen molar-refractivity contribution in [2.75, 3.05) is 0 Å². The lowest BCUT2D eigenvalue weighted by Gasteiger charge is -1.99. The number of hydrogen-bond acceptors (Lipinski definition) is 3. The number of hydrogen-bond donors (Lipinski definition) is 0. The molecule has 2 heterocycles. The van der Waals surface area contributed by atoms with E-state index in [9.17, 15) is 0 Å². The summed E-state index contributed by atoms with van der Waals surface area (Å²) in [7, 11) is 0. The molecule has 72 valence electrons. The minimum absolute atomic E-state index is 0.417. The van der Waals surface area contributed by atoms with E-state index in [-0.39, 0.29) is 0 Å². The molecule has 3 nitrogen and oxygen atoms in total. The highest BCUT2D eigenvalue weighted by Crippen LogP contribution is 2.35. The lowest BCUT2D eigenvalue weighted by molar-refractivity contribution is 1.29. The number of pyridine rings is 1. The zero-order valence-electron chi connectivity index (χ0n) is 8.08. The average molecular weight is 208 g/mol. The Morgan fingerprint density at radius 3 is 2.71 bits per heavy atom. The van der Waals surface area contributed by atoms with E-state index in [1.54, 1.807) is 6.20 Å². The van der Waals surface area contributed by atoms with Crippen molar-refractivity contribution in [2.45, 2.75) is 20.3 Å². The van der Waals surface area contributed by atoms with E-state index in [0.29, 0.717) is 10.8 Å². The summed E-state index contributed by atoms with van der Waals surface area (Å²) < 4.78 is 0. The highest BCUT2D eigenvalue weighted by molar-refractivity contribution is 6.32. The molecule has 0 saturated carbocycles. The maximum absolute atomic E-state index is 5.94. The lowest BCUT2D eigenvalue weighted by atomic mass is 10.2. The van der Waals surface area contributed by atoms with Crippen LogP contribution in [0.1, 0.15) is 20.3 Å². The third-order valence-electron chi connectivity index (χ3n) is 1.98. The highest BCUT2D eigenvalue weighted by Gasteiger charge is 2.11. The van der Waals surface area contributed by atoms with Gasteiger partial charge in [-0.25, -0.2) is 4.98 Å². The predicted molar refractivity (Wildman–Crippen MR) is 59.4 cm³/mol. The van der Waals surface area contributed by atoms with E-state index in [1.165, 1.54) is 0 Å². The van der Waals surface area contributed by atoms with Crippen molar-refractivity contribution in [1.29, 1.82) is 0 Å². The number of rotatable bonds is 0. The van der Waals surface area contributed by atoms with Crippen molar-refractivity contribution in [2.24, 2.45) is 9.98 Å². The molecule has 1 aromatic rings. The molecule has 0 saturated heterocycles. The summed E-state index contributed by atoms with van der Waals surface area (Å²) in [6.07, 6.45) is 2.44. The average Bonchev–Trinajstić information content (AvgIpc) is 2.23. The van der Waals surface area contributed by atoms with Crippen molar-refractivity contribution in [1.82, 2.24) is 4.98 Å². The normalized spacial score (nSPS) is 15.4. The number of halogens is 1. The first kappa shape index (κ1) is 9.34. The molecule has 1 aromatic heterocycles. The first-order chi connectivity index (χ1) is 6.66. The molecule has 1 aliphatic rings. The quantitative estimate of drug-likeness (QED) is 0.602. The maximum atomic E-state index is 5.94. The van der Waals surface area contributed by atoms with Gasteiger partial charge in [-0.05, 0) is 19.9 Å². The topological polar surface area (TPSA) is 37.6 Å². The first-order valence-corrected chi connectivity index (χ1v) is 4.77. The van der Waals surface area contributed by atoms with Crippen LogP contribution < -0.4 is 0 Å². The van der Waals surface area contributed by atoms with Gasteiger partial charge >= 0.3 is 0 Å². The molecule has 4 heteroatoms. The SMILES string of the molecule is CC1=Nc2ccnc(Cl)c2N=C(C)C1. The van der Waals surface area contributed by atoms with E-state index in [2.05, 4.69) is 15.0 Å². The molecule has 0 atom stereocenters. The zero-order chi connectivity index (χ0) is 10.1. The molecular formula is C10H10ClN3. The fraction of sp³-hybridized carbons (Fsp3) is 0.300. The number of nitrogens with zero attached hydrogens (tertiary/aromatic N) is 3. The Hall–Kier alpha value is -1.22. The monoisotopic (exact) mass is 207 g/mol. The summed E-state index contributed by atoms with van der Waals surface area (Å²) in [6.45, 7) is 3.96. The van der Waals surface area contributed by atoms with Crippen LogP contribution in [0, 0.1) is 0 Å². The Morgan fingerprint density at radius 1 is 1.21 bits per heavy atom. The van der Waals surface area contributed by atoms with E-state index in [1.807, 2.05) is 19.9 Å². The maximum Gasteiger partial charge on any atom is 0.156 e. The highest BCUT2D eigenvalue weighted by atomic mass is 35.5. The first-order valence-electron chi connectivity index (χ1n) is 4.39. The summed E-state index contributed by atoms with van der Waals surface area (Å²) in [4.78, 5) is 12.8.